The van der Waals surface area contributed by atoms with Crippen LogP contribution in [-0.4, -0.2) is 13.0 Å². The van der Waals surface area contributed by atoms with E-state index in [0.29, 0.717) is 5.75 Å². The van der Waals surface area contributed by atoms with E-state index in [9.17, 15) is 13.5 Å². The van der Waals surface area contributed by atoms with Gasteiger partial charge >= 0.3 is 29.6 Å². The standard InChI is InChI=1S/C26H38O5S.Na/c1-2-3-4-5-6-7-8-9-10-11-12-13-15-22-18-20-23(21-19-22)31-24-16-14-17-25(26(24)27)32(28,29)30;/h14,16-21,27H,2-13,15H2,1H3,(H,28,29,30);/q;+1/p-1. The van der Waals surface area contributed by atoms with Crippen LogP contribution in [0.1, 0.15) is 89.5 Å². The molecule has 0 heterocycles. The molecule has 7 heteroatoms. The maximum atomic E-state index is 12.2. The van der Waals surface area contributed by atoms with Crippen LogP contribution < -0.4 is 39.4 Å². The van der Waals surface area contributed by atoms with Gasteiger partial charge in [0.25, 0.3) is 10.1 Å². The topological polar surface area (TPSA) is 86.7 Å². The van der Waals surface area contributed by atoms with E-state index in [1.165, 1.54) is 88.3 Å². The summed E-state index contributed by atoms with van der Waals surface area (Å²) in [5.74, 6) is -0.530. The molecule has 0 aromatic heterocycles. The van der Waals surface area contributed by atoms with E-state index in [1.54, 1.807) is 12.1 Å². The van der Waals surface area contributed by atoms with Gasteiger partial charge in [0, 0.05) is 0 Å². The van der Waals surface area contributed by atoms with Crippen LogP contribution in [0.3, 0.4) is 0 Å². The van der Waals surface area contributed by atoms with Crippen LogP contribution in [0.15, 0.2) is 47.4 Å². The molecule has 33 heavy (non-hydrogen) atoms. The third-order valence-electron chi connectivity index (χ3n) is 5.69. The van der Waals surface area contributed by atoms with Crippen LogP contribution in [0, 0.1) is 0 Å². The van der Waals surface area contributed by atoms with E-state index in [4.69, 9.17) is 9.29 Å². The fourth-order valence-electron chi connectivity index (χ4n) is 3.80. The second-order valence-corrected chi connectivity index (χ2v) is 9.83. The van der Waals surface area contributed by atoms with E-state index in [2.05, 4.69) is 6.92 Å². The fourth-order valence-corrected chi connectivity index (χ4v) is 4.39. The molecule has 2 aromatic carbocycles. The Labute approximate surface area is 222 Å². The van der Waals surface area contributed by atoms with E-state index in [1.807, 2.05) is 12.1 Å². The molecule has 0 aliphatic carbocycles. The van der Waals surface area contributed by atoms with Crippen LogP contribution in [0.5, 0.6) is 17.2 Å². The Hall–Kier alpha value is -1.05. The van der Waals surface area contributed by atoms with E-state index in [-0.39, 0.29) is 35.3 Å². The number of aryl methyl sites for hydroxylation is 1. The van der Waals surface area contributed by atoms with Gasteiger partial charge in [0.1, 0.15) is 11.5 Å². The van der Waals surface area contributed by atoms with Gasteiger partial charge in [0.2, 0.25) is 0 Å². The first kappa shape index (κ1) is 30.0. The Morgan fingerprint density at radius 2 is 1.30 bits per heavy atom. The van der Waals surface area contributed by atoms with Crippen LogP contribution in [-0.2, 0) is 16.5 Å². The Balaban J connectivity index is 0.00000544. The van der Waals surface area contributed by atoms with Crippen molar-refractivity contribution in [2.75, 3.05) is 0 Å². The minimum Gasteiger partial charge on any atom is -0.869 e. The Morgan fingerprint density at radius 3 is 1.82 bits per heavy atom. The molecule has 0 saturated heterocycles. The molecule has 0 spiro atoms. The molecular formula is C26H37NaO5S. The number of rotatable bonds is 16. The normalized spacial score (nSPS) is 11.2. The van der Waals surface area contributed by atoms with Crippen LogP contribution in [0.25, 0.3) is 0 Å². The zero-order chi connectivity index (χ0) is 23.2. The zero-order valence-corrected chi connectivity index (χ0v) is 23.0. The van der Waals surface area contributed by atoms with Crippen molar-refractivity contribution < 1.29 is 52.4 Å². The van der Waals surface area contributed by atoms with Gasteiger partial charge in [-0.3, -0.25) is 4.55 Å². The molecule has 0 bridgehead atoms. The molecule has 0 radical (unpaired) electrons. The number of hydrogen-bond acceptors (Lipinski definition) is 4. The monoisotopic (exact) mass is 484 g/mol. The van der Waals surface area contributed by atoms with Gasteiger partial charge in [-0.15, -0.1) is 0 Å². The smallest absolute Gasteiger partial charge is 0.869 e. The Bertz CT molecular complexity index is 897. The second-order valence-electron chi connectivity index (χ2n) is 8.44. The summed E-state index contributed by atoms with van der Waals surface area (Å²) in [6.45, 7) is 2.26. The third-order valence-corrected chi connectivity index (χ3v) is 6.57. The van der Waals surface area contributed by atoms with E-state index in [0.717, 1.165) is 18.9 Å². The molecule has 0 saturated carbocycles. The predicted molar refractivity (Wildman–Crippen MR) is 127 cm³/mol. The van der Waals surface area contributed by atoms with Gasteiger partial charge in [0.05, 0.1) is 4.90 Å². The molecule has 0 unspecified atom stereocenters. The number of hydrogen-bond donors (Lipinski definition) is 1. The Kier molecular flexibility index (Phi) is 15.0. The molecule has 0 fully saturated rings. The average Bonchev–Trinajstić information content (AvgIpc) is 2.76. The first-order valence-electron chi connectivity index (χ1n) is 12.0. The van der Waals surface area contributed by atoms with Crippen LogP contribution in [0.4, 0.5) is 0 Å². The minimum atomic E-state index is -4.57. The third kappa shape index (κ3) is 11.8. The predicted octanol–water partition coefficient (Wildman–Crippen LogP) is 4.05. The summed E-state index contributed by atoms with van der Waals surface area (Å²) in [6.07, 6.45) is 17.0. The summed E-state index contributed by atoms with van der Waals surface area (Å²) in [5, 5.41) is 12.2. The number of ether oxygens (including phenoxy) is 1. The number of benzene rings is 2. The van der Waals surface area contributed by atoms with Crippen molar-refractivity contribution in [3.05, 3.63) is 48.0 Å². The fraction of sp³-hybridized carbons (Fsp3) is 0.538. The number of para-hydroxylation sites is 1. The molecule has 1 N–H and O–H groups in total. The summed E-state index contributed by atoms with van der Waals surface area (Å²) >= 11 is 0. The van der Waals surface area contributed by atoms with Crippen molar-refractivity contribution >= 4 is 10.1 Å². The molecule has 2 aromatic rings. The summed E-state index contributed by atoms with van der Waals surface area (Å²) in [5.41, 5.74) is 1.21. The second kappa shape index (κ2) is 16.6. The number of unbranched alkanes of at least 4 members (excludes halogenated alkanes) is 11. The summed E-state index contributed by atoms with van der Waals surface area (Å²) in [4.78, 5) is -0.682. The molecule has 0 aliphatic rings. The summed E-state index contributed by atoms with van der Waals surface area (Å²) in [7, 11) is -4.57. The SMILES string of the molecule is CCCCCCCCCCCCCCc1ccc(Oc2cccc(S(=O)(=O)O)c2[O-])cc1.[Na+]. The van der Waals surface area contributed by atoms with Crippen LogP contribution >= 0.6 is 0 Å². The van der Waals surface area contributed by atoms with Gasteiger partial charge < -0.3 is 9.84 Å². The Morgan fingerprint density at radius 1 is 0.788 bits per heavy atom. The van der Waals surface area contributed by atoms with Gasteiger partial charge in [-0.2, -0.15) is 8.42 Å². The maximum Gasteiger partial charge on any atom is 1.00 e. The quantitative estimate of drug-likeness (QED) is 0.221. The minimum absolute atomic E-state index is 0. The first-order chi connectivity index (χ1) is 15.4. The van der Waals surface area contributed by atoms with Gasteiger partial charge in [-0.05, 0) is 48.4 Å². The molecule has 0 amide bonds. The summed E-state index contributed by atoms with van der Waals surface area (Å²) in [6, 6.07) is 11.3. The maximum absolute atomic E-state index is 12.2. The van der Waals surface area contributed by atoms with Gasteiger partial charge in [0.15, 0.2) is 0 Å². The van der Waals surface area contributed by atoms with Crippen molar-refractivity contribution in [2.24, 2.45) is 0 Å². The average molecular weight is 485 g/mol. The van der Waals surface area contributed by atoms with E-state index >= 15 is 0 Å². The molecule has 0 atom stereocenters. The zero-order valence-electron chi connectivity index (χ0n) is 20.2. The molecular weight excluding hydrogens is 447 g/mol. The van der Waals surface area contributed by atoms with Crippen molar-refractivity contribution in [3.63, 3.8) is 0 Å². The van der Waals surface area contributed by atoms with Gasteiger partial charge in [-0.1, -0.05) is 95.8 Å². The van der Waals surface area contributed by atoms with Crippen molar-refractivity contribution in [3.8, 4) is 17.2 Å². The largest absolute Gasteiger partial charge is 1.00 e. The molecule has 2 rings (SSSR count). The van der Waals surface area contributed by atoms with Crippen LogP contribution in [0.2, 0.25) is 0 Å². The van der Waals surface area contributed by atoms with E-state index < -0.39 is 20.8 Å². The molecule has 5 nitrogen and oxygen atoms in total. The first-order valence-corrected chi connectivity index (χ1v) is 13.4. The van der Waals surface area contributed by atoms with Crippen molar-refractivity contribution in [1.29, 1.82) is 0 Å². The van der Waals surface area contributed by atoms with Gasteiger partial charge in [-0.25, -0.2) is 0 Å². The molecule has 0 aliphatic heterocycles. The molecule has 178 valence electrons. The van der Waals surface area contributed by atoms with Crippen molar-refractivity contribution in [1.82, 2.24) is 0 Å². The summed E-state index contributed by atoms with van der Waals surface area (Å²) < 4.78 is 37.2. The van der Waals surface area contributed by atoms with Crippen molar-refractivity contribution in [2.45, 2.75) is 95.3 Å².